The number of esters is 1. The highest BCUT2D eigenvalue weighted by atomic mass is 16.5. The topological polar surface area (TPSA) is 87.0 Å². The van der Waals surface area contributed by atoms with E-state index in [2.05, 4.69) is 6.92 Å². The standard InChI is InChI=1S/C18H28O5/c1-3-5-6-7-8-9-10-13-14(18(22)23-11-4-2)12-15(19)17(21)16(13)20/h12,19-21H,3-11H2,1-2H3. The molecule has 0 saturated carbocycles. The summed E-state index contributed by atoms with van der Waals surface area (Å²) in [7, 11) is 0. The van der Waals surface area contributed by atoms with E-state index in [1.54, 1.807) is 0 Å². The third-order valence-corrected chi connectivity index (χ3v) is 3.80. The van der Waals surface area contributed by atoms with E-state index in [0.29, 0.717) is 18.4 Å². The van der Waals surface area contributed by atoms with Gasteiger partial charge in [-0.3, -0.25) is 0 Å². The van der Waals surface area contributed by atoms with E-state index < -0.39 is 23.2 Å². The molecule has 0 amide bonds. The maximum Gasteiger partial charge on any atom is 0.338 e. The second kappa shape index (κ2) is 9.98. The molecule has 0 fully saturated rings. The molecular weight excluding hydrogens is 296 g/mol. The van der Waals surface area contributed by atoms with Crippen LogP contribution in [-0.2, 0) is 11.2 Å². The van der Waals surface area contributed by atoms with Crippen LogP contribution in [0.3, 0.4) is 0 Å². The highest BCUT2D eigenvalue weighted by Crippen LogP contribution is 2.40. The summed E-state index contributed by atoms with van der Waals surface area (Å²) in [4.78, 5) is 12.1. The third-order valence-electron chi connectivity index (χ3n) is 3.80. The van der Waals surface area contributed by atoms with E-state index in [0.717, 1.165) is 19.3 Å². The Morgan fingerprint density at radius 2 is 1.61 bits per heavy atom. The molecule has 0 atom stereocenters. The van der Waals surface area contributed by atoms with E-state index in [9.17, 15) is 20.1 Å². The molecular formula is C18H28O5. The van der Waals surface area contributed by atoms with Gasteiger partial charge >= 0.3 is 5.97 Å². The van der Waals surface area contributed by atoms with Crippen molar-refractivity contribution in [3.8, 4) is 17.2 Å². The van der Waals surface area contributed by atoms with Gasteiger partial charge in [0, 0.05) is 5.56 Å². The lowest BCUT2D eigenvalue weighted by Gasteiger charge is -2.13. The number of hydrogen-bond acceptors (Lipinski definition) is 5. The smallest absolute Gasteiger partial charge is 0.338 e. The zero-order chi connectivity index (χ0) is 17.2. The van der Waals surface area contributed by atoms with Gasteiger partial charge in [-0.15, -0.1) is 0 Å². The van der Waals surface area contributed by atoms with Gasteiger partial charge in [-0.2, -0.15) is 0 Å². The summed E-state index contributed by atoms with van der Waals surface area (Å²) in [6.45, 7) is 4.32. The monoisotopic (exact) mass is 324 g/mol. The van der Waals surface area contributed by atoms with Gasteiger partial charge in [-0.1, -0.05) is 46.0 Å². The Hall–Kier alpha value is -1.91. The number of carbonyl (C=O) groups is 1. The van der Waals surface area contributed by atoms with Gasteiger partial charge in [0.25, 0.3) is 0 Å². The molecule has 0 bridgehead atoms. The molecule has 0 aliphatic carbocycles. The molecule has 0 unspecified atom stereocenters. The summed E-state index contributed by atoms with van der Waals surface area (Å²) in [6, 6.07) is 1.17. The lowest BCUT2D eigenvalue weighted by Crippen LogP contribution is -2.09. The van der Waals surface area contributed by atoms with Crippen molar-refractivity contribution in [2.75, 3.05) is 6.61 Å². The SMILES string of the molecule is CCCCCCCCc1c(C(=O)OCCC)cc(O)c(O)c1O. The third kappa shape index (κ3) is 5.66. The Labute approximate surface area is 137 Å². The molecule has 0 spiro atoms. The van der Waals surface area contributed by atoms with Crippen molar-refractivity contribution < 1.29 is 24.9 Å². The number of aromatic hydroxyl groups is 3. The van der Waals surface area contributed by atoms with E-state index in [-0.39, 0.29) is 12.2 Å². The predicted molar refractivity (Wildman–Crippen MR) is 89.1 cm³/mol. The first-order valence-electron chi connectivity index (χ1n) is 8.46. The zero-order valence-electron chi connectivity index (χ0n) is 14.1. The van der Waals surface area contributed by atoms with Gasteiger partial charge < -0.3 is 20.1 Å². The van der Waals surface area contributed by atoms with Crippen LogP contribution in [0.1, 0.15) is 74.7 Å². The number of unbranched alkanes of at least 4 members (excludes halogenated alkanes) is 5. The molecule has 5 nitrogen and oxygen atoms in total. The molecule has 0 aliphatic rings. The minimum absolute atomic E-state index is 0.125. The maximum atomic E-state index is 12.1. The summed E-state index contributed by atoms with van der Waals surface area (Å²) < 4.78 is 5.08. The van der Waals surface area contributed by atoms with Gasteiger partial charge in [-0.25, -0.2) is 4.79 Å². The Morgan fingerprint density at radius 1 is 0.957 bits per heavy atom. The van der Waals surface area contributed by atoms with Crippen molar-refractivity contribution in [3.05, 3.63) is 17.2 Å². The summed E-state index contributed by atoms with van der Waals surface area (Å²) in [5, 5.41) is 29.4. The Balaban J connectivity index is 2.81. The zero-order valence-corrected chi connectivity index (χ0v) is 14.1. The van der Waals surface area contributed by atoms with Gasteiger partial charge in [-0.05, 0) is 25.3 Å². The van der Waals surface area contributed by atoms with Crippen molar-refractivity contribution in [2.24, 2.45) is 0 Å². The first-order chi connectivity index (χ1) is 11.0. The number of rotatable bonds is 10. The van der Waals surface area contributed by atoms with Crippen LogP contribution in [0.15, 0.2) is 6.07 Å². The average Bonchev–Trinajstić information content (AvgIpc) is 2.55. The van der Waals surface area contributed by atoms with Crippen LogP contribution in [0, 0.1) is 0 Å². The van der Waals surface area contributed by atoms with Crippen molar-refractivity contribution in [1.29, 1.82) is 0 Å². The Bertz CT molecular complexity index is 511. The fourth-order valence-electron chi connectivity index (χ4n) is 2.47. The van der Waals surface area contributed by atoms with Crippen molar-refractivity contribution in [2.45, 2.75) is 65.2 Å². The van der Waals surface area contributed by atoms with E-state index >= 15 is 0 Å². The van der Waals surface area contributed by atoms with Crippen LogP contribution in [0.2, 0.25) is 0 Å². The fourth-order valence-corrected chi connectivity index (χ4v) is 2.47. The highest BCUT2D eigenvalue weighted by Gasteiger charge is 2.22. The molecule has 1 rings (SSSR count). The van der Waals surface area contributed by atoms with Crippen LogP contribution in [-0.4, -0.2) is 27.9 Å². The van der Waals surface area contributed by atoms with Crippen LogP contribution in [0.5, 0.6) is 17.2 Å². The van der Waals surface area contributed by atoms with Gasteiger partial charge in [0.1, 0.15) is 0 Å². The molecule has 0 heterocycles. The van der Waals surface area contributed by atoms with Crippen LogP contribution < -0.4 is 0 Å². The number of phenols is 3. The lowest BCUT2D eigenvalue weighted by molar-refractivity contribution is 0.0502. The molecule has 0 saturated heterocycles. The molecule has 130 valence electrons. The number of benzene rings is 1. The minimum Gasteiger partial charge on any atom is -0.504 e. The maximum absolute atomic E-state index is 12.1. The van der Waals surface area contributed by atoms with Crippen molar-refractivity contribution >= 4 is 5.97 Å². The first kappa shape index (κ1) is 19.1. The molecule has 23 heavy (non-hydrogen) atoms. The Kier molecular flexibility index (Phi) is 8.30. The predicted octanol–water partition coefficient (Wildman–Crippen LogP) is 4.27. The van der Waals surface area contributed by atoms with E-state index in [1.807, 2.05) is 6.92 Å². The molecule has 3 N–H and O–H groups in total. The highest BCUT2D eigenvalue weighted by molar-refractivity contribution is 5.93. The second-order valence-electron chi connectivity index (χ2n) is 5.77. The average molecular weight is 324 g/mol. The Morgan fingerprint density at radius 3 is 2.26 bits per heavy atom. The van der Waals surface area contributed by atoms with Crippen molar-refractivity contribution in [1.82, 2.24) is 0 Å². The molecule has 1 aromatic rings. The summed E-state index contributed by atoms with van der Waals surface area (Å²) in [5.41, 5.74) is 0.469. The van der Waals surface area contributed by atoms with Gasteiger partial charge in [0.2, 0.25) is 5.75 Å². The van der Waals surface area contributed by atoms with E-state index in [1.165, 1.54) is 25.3 Å². The quantitative estimate of drug-likeness (QED) is 0.340. The fraction of sp³-hybridized carbons (Fsp3) is 0.611. The number of phenolic OH excluding ortho intramolecular Hbond substituents is 3. The summed E-state index contributed by atoms with van der Waals surface area (Å²) in [5.74, 6) is -2.11. The molecule has 0 aromatic heterocycles. The second-order valence-corrected chi connectivity index (χ2v) is 5.77. The lowest BCUT2D eigenvalue weighted by atomic mass is 9.98. The number of hydrogen-bond donors (Lipinski definition) is 3. The van der Waals surface area contributed by atoms with Crippen LogP contribution in [0.4, 0.5) is 0 Å². The number of ether oxygens (including phenoxy) is 1. The number of carbonyl (C=O) groups excluding carboxylic acids is 1. The van der Waals surface area contributed by atoms with Crippen molar-refractivity contribution in [3.63, 3.8) is 0 Å². The minimum atomic E-state index is -0.585. The first-order valence-corrected chi connectivity index (χ1v) is 8.46. The van der Waals surface area contributed by atoms with Crippen LogP contribution >= 0.6 is 0 Å². The summed E-state index contributed by atoms with van der Waals surface area (Å²) in [6.07, 6.45) is 7.61. The molecule has 0 radical (unpaired) electrons. The van der Waals surface area contributed by atoms with Gasteiger partial charge in [0.15, 0.2) is 11.5 Å². The molecule has 0 aliphatic heterocycles. The largest absolute Gasteiger partial charge is 0.504 e. The normalized spacial score (nSPS) is 10.7. The van der Waals surface area contributed by atoms with Crippen LogP contribution in [0.25, 0.3) is 0 Å². The summed E-state index contributed by atoms with van der Waals surface area (Å²) >= 11 is 0. The van der Waals surface area contributed by atoms with Gasteiger partial charge in [0.05, 0.1) is 12.2 Å². The molecule has 1 aromatic carbocycles. The van der Waals surface area contributed by atoms with E-state index in [4.69, 9.17) is 4.74 Å². The molecule has 5 heteroatoms.